The maximum absolute atomic E-state index is 13.7. The molecule has 0 N–H and O–H groups in total. The van der Waals surface area contributed by atoms with Gasteiger partial charge in [-0.2, -0.15) is 9.78 Å². The maximum atomic E-state index is 13.7. The monoisotopic (exact) mass is 289 g/mol. The topological polar surface area (TPSA) is 56.9 Å². The molecule has 0 saturated carbocycles. The predicted octanol–water partition coefficient (Wildman–Crippen LogP) is 1.38. The summed E-state index contributed by atoms with van der Waals surface area (Å²) in [5, 5.41) is 3.67. The van der Waals surface area contributed by atoms with E-state index in [-0.39, 0.29) is 15.7 Å². The number of hydrogen-bond acceptors (Lipinski definition) is 3. The molecule has 1 heterocycles. The highest BCUT2D eigenvalue weighted by Crippen LogP contribution is 2.26. The second kappa shape index (κ2) is 4.55. The van der Waals surface area contributed by atoms with Gasteiger partial charge in [0.2, 0.25) is 0 Å². The van der Waals surface area contributed by atoms with Gasteiger partial charge < -0.3 is 0 Å². The van der Waals surface area contributed by atoms with Gasteiger partial charge in [0, 0.05) is 7.05 Å². The molecule has 2 rings (SSSR count). The summed E-state index contributed by atoms with van der Waals surface area (Å²) < 4.78 is 15.2. The third kappa shape index (κ3) is 2.04. The van der Waals surface area contributed by atoms with Gasteiger partial charge >= 0.3 is 5.69 Å². The number of halogens is 3. The van der Waals surface area contributed by atoms with Crippen LogP contribution in [0.4, 0.5) is 4.39 Å². The van der Waals surface area contributed by atoms with Crippen LogP contribution in [-0.2, 0) is 7.05 Å². The minimum Gasteiger partial charge on any atom is -0.267 e. The van der Waals surface area contributed by atoms with Gasteiger partial charge in [0.15, 0.2) is 5.82 Å². The molecule has 0 atom stereocenters. The summed E-state index contributed by atoms with van der Waals surface area (Å²) in [6.07, 6.45) is 0.906. The molecule has 5 nitrogen and oxygen atoms in total. The fourth-order valence-corrected chi connectivity index (χ4v) is 1.63. The Morgan fingerprint density at radius 2 is 1.83 bits per heavy atom. The third-order valence-electron chi connectivity index (χ3n) is 2.30. The summed E-state index contributed by atoms with van der Waals surface area (Å²) >= 11 is 11.4. The van der Waals surface area contributed by atoms with Crippen molar-refractivity contribution in [2.75, 3.05) is 0 Å². The van der Waals surface area contributed by atoms with E-state index in [4.69, 9.17) is 23.2 Å². The summed E-state index contributed by atoms with van der Waals surface area (Å²) in [5.74, 6) is -0.766. The predicted molar refractivity (Wildman–Crippen MR) is 65.1 cm³/mol. The average molecular weight is 290 g/mol. The number of hydrogen-bond donors (Lipinski definition) is 0. The molecule has 0 aliphatic rings. The van der Waals surface area contributed by atoms with Gasteiger partial charge in [-0.05, 0) is 12.1 Å². The molecular weight excluding hydrogens is 284 g/mol. The van der Waals surface area contributed by atoms with E-state index in [2.05, 4.69) is 5.10 Å². The lowest BCUT2D eigenvalue weighted by Crippen LogP contribution is -2.38. The summed E-state index contributed by atoms with van der Waals surface area (Å²) in [6.45, 7) is 0. The standard InChI is InChI=1S/C10H6Cl2FN3O2/c1-15-9(17)4-14-16(10(15)18)8-3-6(12)5(11)2-7(8)13/h2-4H,1H3. The van der Waals surface area contributed by atoms with Gasteiger partial charge in [-0.25, -0.2) is 9.18 Å². The molecule has 1 aromatic carbocycles. The molecule has 0 aliphatic carbocycles. The van der Waals surface area contributed by atoms with Crippen LogP contribution < -0.4 is 11.2 Å². The lowest BCUT2D eigenvalue weighted by atomic mass is 10.3. The Labute approximate surface area is 110 Å². The number of rotatable bonds is 1. The Kier molecular flexibility index (Phi) is 3.23. The van der Waals surface area contributed by atoms with Crippen molar-refractivity contribution >= 4 is 23.2 Å². The summed E-state index contributed by atoms with van der Waals surface area (Å²) in [4.78, 5) is 22.9. The van der Waals surface area contributed by atoms with Gasteiger partial charge in [-0.1, -0.05) is 23.2 Å². The SMILES string of the molecule is Cn1c(=O)cnn(-c2cc(Cl)c(Cl)cc2F)c1=O. The minimum absolute atomic E-state index is 0.0239. The quantitative estimate of drug-likeness (QED) is 0.745. The highest BCUT2D eigenvalue weighted by atomic mass is 35.5. The molecule has 0 spiro atoms. The first-order valence-corrected chi connectivity index (χ1v) is 5.47. The van der Waals surface area contributed by atoms with Crippen molar-refractivity contribution in [1.29, 1.82) is 0 Å². The molecule has 0 aliphatic heterocycles. The van der Waals surface area contributed by atoms with Gasteiger partial charge in [-0.3, -0.25) is 9.36 Å². The third-order valence-corrected chi connectivity index (χ3v) is 3.02. The van der Waals surface area contributed by atoms with Gasteiger partial charge in [0.05, 0.1) is 10.0 Å². The van der Waals surface area contributed by atoms with Crippen LogP contribution in [0.25, 0.3) is 5.69 Å². The fraction of sp³-hybridized carbons (Fsp3) is 0.100. The Morgan fingerprint density at radius 3 is 2.50 bits per heavy atom. The zero-order valence-electron chi connectivity index (χ0n) is 9.02. The molecule has 18 heavy (non-hydrogen) atoms. The molecule has 8 heteroatoms. The fourth-order valence-electron chi connectivity index (χ4n) is 1.32. The zero-order chi connectivity index (χ0) is 13.4. The summed E-state index contributed by atoms with van der Waals surface area (Å²) in [5.41, 5.74) is -1.54. The Balaban J connectivity index is 2.78. The van der Waals surface area contributed by atoms with Crippen molar-refractivity contribution in [2.24, 2.45) is 7.05 Å². The Morgan fingerprint density at radius 1 is 1.22 bits per heavy atom. The van der Waals surface area contributed by atoms with Crippen LogP contribution in [-0.4, -0.2) is 14.3 Å². The second-order valence-electron chi connectivity index (χ2n) is 3.45. The molecular formula is C10H6Cl2FN3O2. The highest BCUT2D eigenvalue weighted by molar-refractivity contribution is 6.42. The van der Waals surface area contributed by atoms with E-state index in [1.807, 2.05) is 0 Å². The van der Waals surface area contributed by atoms with E-state index in [9.17, 15) is 14.0 Å². The number of nitrogens with zero attached hydrogens (tertiary/aromatic N) is 3. The molecule has 0 amide bonds. The minimum atomic E-state index is -0.778. The second-order valence-corrected chi connectivity index (χ2v) is 4.27. The highest BCUT2D eigenvalue weighted by Gasteiger charge is 2.13. The van der Waals surface area contributed by atoms with Gasteiger partial charge in [-0.15, -0.1) is 0 Å². The normalized spacial score (nSPS) is 10.7. The molecule has 94 valence electrons. The molecule has 0 bridgehead atoms. The van der Waals surface area contributed by atoms with Crippen LogP contribution in [0, 0.1) is 5.82 Å². The molecule has 0 fully saturated rings. The molecule has 0 radical (unpaired) electrons. The first-order valence-electron chi connectivity index (χ1n) is 4.72. The van der Waals surface area contributed by atoms with Crippen LogP contribution in [0.5, 0.6) is 0 Å². The Hall–Kier alpha value is -1.66. The van der Waals surface area contributed by atoms with Gasteiger partial charge in [0.1, 0.15) is 11.9 Å². The van der Waals surface area contributed by atoms with Crippen molar-refractivity contribution in [3.63, 3.8) is 0 Å². The largest absolute Gasteiger partial charge is 0.352 e. The smallest absolute Gasteiger partial charge is 0.267 e. The molecule has 1 aromatic heterocycles. The molecule has 2 aromatic rings. The van der Waals surface area contributed by atoms with Crippen molar-refractivity contribution in [3.8, 4) is 5.69 Å². The maximum Gasteiger partial charge on any atom is 0.352 e. The van der Waals surface area contributed by atoms with E-state index in [1.165, 1.54) is 7.05 Å². The van der Waals surface area contributed by atoms with Crippen molar-refractivity contribution in [1.82, 2.24) is 14.3 Å². The van der Waals surface area contributed by atoms with Crippen LogP contribution >= 0.6 is 23.2 Å². The van der Waals surface area contributed by atoms with Crippen LogP contribution in [0.2, 0.25) is 10.0 Å². The number of benzene rings is 1. The molecule has 0 unspecified atom stereocenters. The lowest BCUT2D eigenvalue weighted by Gasteiger charge is -2.07. The summed E-state index contributed by atoms with van der Waals surface area (Å²) in [7, 11) is 1.26. The van der Waals surface area contributed by atoms with Crippen molar-refractivity contribution in [3.05, 3.63) is 55.0 Å². The van der Waals surface area contributed by atoms with Crippen LogP contribution in [0.15, 0.2) is 27.9 Å². The lowest BCUT2D eigenvalue weighted by molar-refractivity contribution is 0.585. The van der Waals surface area contributed by atoms with E-state index >= 15 is 0 Å². The number of aromatic nitrogens is 3. The van der Waals surface area contributed by atoms with Crippen molar-refractivity contribution in [2.45, 2.75) is 0 Å². The van der Waals surface area contributed by atoms with E-state index < -0.39 is 17.1 Å². The Bertz CT molecular complexity index is 739. The van der Waals surface area contributed by atoms with Crippen molar-refractivity contribution < 1.29 is 4.39 Å². The van der Waals surface area contributed by atoms with Gasteiger partial charge in [0.25, 0.3) is 5.56 Å². The first kappa shape index (κ1) is 12.8. The summed E-state index contributed by atoms with van der Waals surface area (Å²) in [6, 6.07) is 2.14. The first-order chi connectivity index (χ1) is 8.41. The van der Waals surface area contributed by atoms with E-state index in [0.29, 0.717) is 0 Å². The van der Waals surface area contributed by atoms with E-state index in [1.54, 1.807) is 0 Å². The van der Waals surface area contributed by atoms with Crippen LogP contribution in [0.3, 0.4) is 0 Å². The molecule has 0 saturated heterocycles. The van der Waals surface area contributed by atoms with E-state index in [0.717, 1.165) is 27.6 Å². The average Bonchev–Trinajstić information content (AvgIpc) is 2.32. The van der Waals surface area contributed by atoms with Crippen LogP contribution in [0.1, 0.15) is 0 Å². The zero-order valence-corrected chi connectivity index (χ0v) is 10.5.